The van der Waals surface area contributed by atoms with Crippen molar-refractivity contribution < 1.29 is 23.6 Å². The Kier molecular flexibility index (Phi) is 2.52. The van der Waals surface area contributed by atoms with Crippen LogP contribution >= 0.6 is 0 Å². The van der Waals surface area contributed by atoms with Crippen molar-refractivity contribution in [2.75, 3.05) is 19.9 Å². The van der Waals surface area contributed by atoms with Gasteiger partial charge in [-0.15, -0.1) is 0 Å². The maximum absolute atomic E-state index is 12.0. The second-order valence-corrected chi connectivity index (χ2v) is 5.05. The van der Waals surface area contributed by atoms with Gasteiger partial charge in [0.1, 0.15) is 18.8 Å². The molecule has 3 aliphatic rings. The van der Waals surface area contributed by atoms with E-state index in [2.05, 4.69) is 4.58 Å². The predicted octanol–water partition coefficient (Wildman–Crippen LogP) is 1.56. The number of esters is 1. The van der Waals surface area contributed by atoms with Crippen molar-refractivity contribution in [1.82, 2.24) is 0 Å². The summed E-state index contributed by atoms with van der Waals surface area (Å²) in [5.74, 6) is 1.73. The third-order valence-corrected chi connectivity index (χ3v) is 3.78. The molecule has 3 heterocycles. The molecule has 0 N–H and O–H groups in total. The van der Waals surface area contributed by atoms with Crippen LogP contribution in [0.3, 0.4) is 0 Å². The Hall–Kier alpha value is -2.30. The zero-order valence-corrected chi connectivity index (χ0v) is 10.9. The third-order valence-electron chi connectivity index (χ3n) is 3.78. The van der Waals surface area contributed by atoms with E-state index in [1.54, 1.807) is 0 Å². The van der Waals surface area contributed by atoms with Gasteiger partial charge in [0.25, 0.3) is 5.71 Å². The van der Waals surface area contributed by atoms with E-state index in [0.29, 0.717) is 17.2 Å². The molecule has 5 heteroatoms. The number of fused-ring (bicyclic) bond motifs is 1. The number of hydrogen-bond acceptors (Lipinski definition) is 4. The van der Waals surface area contributed by atoms with Gasteiger partial charge in [-0.1, -0.05) is 0 Å². The van der Waals surface area contributed by atoms with E-state index < -0.39 is 0 Å². The molecule has 4 rings (SSSR count). The first kappa shape index (κ1) is 11.5. The Morgan fingerprint density at radius 2 is 1.85 bits per heavy atom. The summed E-state index contributed by atoms with van der Waals surface area (Å²) in [5, 5.41) is 0. The summed E-state index contributed by atoms with van der Waals surface area (Å²) >= 11 is 0. The fourth-order valence-corrected chi connectivity index (χ4v) is 2.74. The minimum Gasteiger partial charge on any atom is -0.454 e. The molecule has 1 saturated heterocycles. The normalized spacial score (nSPS) is 20.4. The molecular weight excluding hydrogens is 258 g/mol. The Morgan fingerprint density at radius 1 is 1.05 bits per heavy atom. The van der Waals surface area contributed by atoms with Gasteiger partial charge in [-0.3, -0.25) is 0 Å². The molecule has 0 spiro atoms. The highest BCUT2D eigenvalue weighted by Gasteiger charge is 2.33. The highest BCUT2D eigenvalue weighted by Crippen LogP contribution is 2.35. The molecule has 5 nitrogen and oxygen atoms in total. The van der Waals surface area contributed by atoms with Crippen molar-refractivity contribution in [3.63, 3.8) is 0 Å². The second-order valence-electron chi connectivity index (χ2n) is 5.05. The maximum Gasteiger partial charge on any atom is 0.408 e. The zero-order chi connectivity index (χ0) is 13.5. The molecule has 20 heavy (non-hydrogen) atoms. The molecule has 0 aromatic heterocycles. The number of cyclic esters (lactones) is 1. The number of ether oxygens (including phenoxy) is 3. The van der Waals surface area contributed by atoms with Crippen molar-refractivity contribution in [2.45, 2.75) is 12.8 Å². The van der Waals surface area contributed by atoms with Crippen molar-refractivity contribution in [1.29, 1.82) is 0 Å². The van der Waals surface area contributed by atoms with Crippen LogP contribution in [-0.2, 0) is 9.53 Å². The molecule has 0 unspecified atom stereocenters. The topological polar surface area (TPSA) is 47.8 Å². The molecule has 102 valence electrons. The molecule has 3 aliphatic heterocycles. The highest BCUT2D eigenvalue weighted by atomic mass is 16.7. The molecule has 1 aromatic rings. The minimum atomic E-state index is -0.264. The van der Waals surface area contributed by atoms with Gasteiger partial charge in [0.15, 0.2) is 11.5 Å². The summed E-state index contributed by atoms with van der Waals surface area (Å²) in [6.45, 7) is 2.09. The monoisotopic (exact) mass is 272 g/mol. The molecule has 0 aliphatic carbocycles. The van der Waals surface area contributed by atoms with Crippen LogP contribution in [0.1, 0.15) is 18.4 Å². The predicted molar refractivity (Wildman–Crippen MR) is 70.9 cm³/mol. The van der Waals surface area contributed by atoms with Gasteiger partial charge < -0.3 is 14.2 Å². The lowest BCUT2D eigenvalue weighted by Crippen LogP contribution is -2.22. The molecular formula is C15H14NO4+. The van der Waals surface area contributed by atoms with Gasteiger partial charge in [0, 0.05) is 18.4 Å². The standard InChI is InChI=1S/C15H14NO4/c17-15-11(16-5-1-2-6-16)8-13(20-15)10-3-4-12-14(7-10)19-9-18-12/h3-4,7-8H,1-2,5-6,9H2/q+1. The van der Waals surface area contributed by atoms with Gasteiger partial charge in [0.05, 0.1) is 6.08 Å². The van der Waals surface area contributed by atoms with Gasteiger partial charge in [-0.2, -0.15) is 0 Å². The molecule has 0 bridgehead atoms. The summed E-state index contributed by atoms with van der Waals surface area (Å²) in [5.41, 5.74) is 1.49. The van der Waals surface area contributed by atoms with E-state index in [0.717, 1.165) is 37.2 Å². The Bertz CT molecular complexity index is 652. The van der Waals surface area contributed by atoms with E-state index in [4.69, 9.17) is 14.2 Å². The molecule has 0 amide bonds. The Labute approximate surface area is 116 Å². The van der Waals surface area contributed by atoms with Crippen LogP contribution in [0.2, 0.25) is 0 Å². The van der Waals surface area contributed by atoms with Gasteiger partial charge >= 0.3 is 5.97 Å². The lowest BCUT2D eigenvalue weighted by atomic mass is 10.1. The first-order valence-electron chi connectivity index (χ1n) is 6.77. The van der Waals surface area contributed by atoms with Crippen LogP contribution in [0.25, 0.3) is 5.76 Å². The summed E-state index contributed by atoms with van der Waals surface area (Å²) in [6, 6.07) is 5.55. The summed E-state index contributed by atoms with van der Waals surface area (Å²) < 4.78 is 18.1. The Balaban J connectivity index is 1.71. The molecule has 0 atom stereocenters. The number of nitrogens with zero attached hydrogens (tertiary/aromatic N) is 1. The number of carbonyl (C=O) groups excluding carboxylic acids is 1. The van der Waals surface area contributed by atoms with Crippen molar-refractivity contribution in [2.24, 2.45) is 0 Å². The van der Waals surface area contributed by atoms with Crippen LogP contribution < -0.4 is 9.47 Å². The zero-order valence-electron chi connectivity index (χ0n) is 10.9. The fraction of sp³-hybridized carbons (Fsp3) is 0.333. The molecule has 0 saturated carbocycles. The average Bonchev–Trinajstić information content (AvgIpc) is 3.17. The number of rotatable bonds is 1. The van der Waals surface area contributed by atoms with Crippen LogP contribution in [0, 0.1) is 0 Å². The smallest absolute Gasteiger partial charge is 0.408 e. The fourth-order valence-electron chi connectivity index (χ4n) is 2.74. The van der Waals surface area contributed by atoms with E-state index in [9.17, 15) is 4.79 Å². The lowest BCUT2D eigenvalue weighted by Gasteiger charge is -2.02. The van der Waals surface area contributed by atoms with Crippen molar-refractivity contribution in [3.05, 3.63) is 29.8 Å². The van der Waals surface area contributed by atoms with E-state index in [1.807, 2.05) is 24.3 Å². The van der Waals surface area contributed by atoms with E-state index >= 15 is 0 Å². The molecule has 0 radical (unpaired) electrons. The van der Waals surface area contributed by atoms with Crippen LogP contribution in [0.15, 0.2) is 24.3 Å². The summed E-state index contributed by atoms with van der Waals surface area (Å²) in [4.78, 5) is 12.0. The van der Waals surface area contributed by atoms with E-state index in [1.165, 1.54) is 0 Å². The minimum absolute atomic E-state index is 0.239. The lowest BCUT2D eigenvalue weighted by molar-refractivity contribution is -0.504. The van der Waals surface area contributed by atoms with Gasteiger partial charge in [0.2, 0.25) is 6.79 Å². The first-order chi connectivity index (χ1) is 9.81. The van der Waals surface area contributed by atoms with Gasteiger partial charge in [-0.05, 0) is 18.2 Å². The van der Waals surface area contributed by atoms with E-state index in [-0.39, 0.29) is 12.8 Å². The van der Waals surface area contributed by atoms with Crippen molar-refractivity contribution >= 4 is 17.4 Å². The quantitative estimate of drug-likeness (QED) is 0.575. The van der Waals surface area contributed by atoms with Gasteiger partial charge in [-0.25, -0.2) is 9.37 Å². The summed E-state index contributed by atoms with van der Waals surface area (Å²) in [7, 11) is 0. The second kappa shape index (κ2) is 4.37. The van der Waals surface area contributed by atoms with Crippen molar-refractivity contribution in [3.8, 4) is 11.5 Å². The number of hydrogen-bond donors (Lipinski definition) is 0. The average molecular weight is 272 g/mol. The highest BCUT2D eigenvalue weighted by molar-refractivity contribution is 6.43. The molecule has 1 aromatic carbocycles. The number of carbonyl (C=O) groups is 1. The largest absolute Gasteiger partial charge is 0.454 e. The first-order valence-corrected chi connectivity index (χ1v) is 6.77. The maximum atomic E-state index is 12.0. The third kappa shape index (κ3) is 1.78. The van der Waals surface area contributed by atoms with Crippen LogP contribution in [0.5, 0.6) is 11.5 Å². The van der Waals surface area contributed by atoms with Crippen LogP contribution in [0.4, 0.5) is 0 Å². The SMILES string of the molecule is O=C1OC(c2ccc3c(c2)OCO3)=CC1=[N+]1CCCC1. The number of benzene rings is 1. The Morgan fingerprint density at radius 3 is 2.70 bits per heavy atom. The molecule has 1 fully saturated rings. The van der Waals surface area contributed by atoms with Crippen LogP contribution in [-0.4, -0.2) is 36.1 Å². The summed E-state index contributed by atoms with van der Waals surface area (Å²) in [6.07, 6.45) is 4.08.